The van der Waals surface area contributed by atoms with Gasteiger partial charge in [-0.05, 0) is 24.6 Å². The molecule has 0 saturated carbocycles. The second kappa shape index (κ2) is 4.74. The number of nitriles is 1. The number of benzene rings is 1. The van der Waals surface area contributed by atoms with Crippen molar-refractivity contribution in [3.05, 3.63) is 41.6 Å². The smallest absolute Gasteiger partial charge is 0.263 e. The molecular formula is C12H12N4O2S. The third-order valence-electron chi connectivity index (χ3n) is 2.56. The van der Waals surface area contributed by atoms with Crippen LogP contribution in [-0.2, 0) is 17.1 Å². The highest BCUT2D eigenvalue weighted by Gasteiger charge is 2.18. The standard InChI is InChI=1S/C12H12N4O2S/c1-9-3-4-10(8-13)7-11(9)19(17,18)15-12-5-6-16(2)14-12/h3-7H,1-2H3,(H,14,15). The van der Waals surface area contributed by atoms with E-state index in [0.717, 1.165) is 0 Å². The van der Waals surface area contributed by atoms with Crippen LogP contribution in [-0.4, -0.2) is 18.2 Å². The van der Waals surface area contributed by atoms with E-state index in [-0.39, 0.29) is 10.7 Å². The van der Waals surface area contributed by atoms with Gasteiger partial charge in [0.25, 0.3) is 10.0 Å². The normalized spacial score (nSPS) is 11.0. The van der Waals surface area contributed by atoms with E-state index in [9.17, 15) is 8.42 Å². The van der Waals surface area contributed by atoms with E-state index >= 15 is 0 Å². The Bertz CT molecular complexity index is 756. The van der Waals surface area contributed by atoms with Crippen molar-refractivity contribution in [1.82, 2.24) is 9.78 Å². The van der Waals surface area contributed by atoms with E-state index in [1.165, 1.54) is 10.7 Å². The van der Waals surface area contributed by atoms with E-state index in [4.69, 9.17) is 5.26 Å². The largest absolute Gasteiger partial charge is 0.274 e. The summed E-state index contributed by atoms with van der Waals surface area (Å²) in [5.41, 5.74) is 0.870. The second-order valence-electron chi connectivity index (χ2n) is 4.07. The first-order chi connectivity index (χ1) is 8.92. The van der Waals surface area contributed by atoms with Gasteiger partial charge in [0.2, 0.25) is 0 Å². The molecule has 0 aliphatic rings. The summed E-state index contributed by atoms with van der Waals surface area (Å²) < 4.78 is 28.3. The highest BCUT2D eigenvalue weighted by molar-refractivity contribution is 7.92. The van der Waals surface area contributed by atoms with Gasteiger partial charge in [-0.3, -0.25) is 9.40 Å². The van der Waals surface area contributed by atoms with Crippen LogP contribution in [0.3, 0.4) is 0 Å². The van der Waals surface area contributed by atoms with Gasteiger partial charge in [0.15, 0.2) is 5.82 Å². The Morgan fingerprint density at radius 2 is 2.11 bits per heavy atom. The Kier molecular flexibility index (Phi) is 3.27. The van der Waals surface area contributed by atoms with Crippen molar-refractivity contribution in [2.45, 2.75) is 11.8 Å². The zero-order valence-corrected chi connectivity index (χ0v) is 11.3. The van der Waals surface area contributed by atoms with Gasteiger partial charge in [0.1, 0.15) is 0 Å². The lowest BCUT2D eigenvalue weighted by atomic mass is 10.2. The summed E-state index contributed by atoms with van der Waals surface area (Å²) in [5, 5.41) is 12.8. The monoisotopic (exact) mass is 276 g/mol. The fourth-order valence-corrected chi connectivity index (χ4v) is 2.89. The predicted molar refractivity (Wildman–Crippen MR) is 69.9 cm³/mol. The maximum Gasteiger partial charge on any atom is 0.263 e. The van der Waals surface area contributed by atoms with Gasteiger partial charge in [-0.2, -0.15) is 10.4 Å². The van der Waals surface area contributed by atoms with Gasteiger partial charge in [0.05, 0.1) is 16.5 Å². The number of rotatable bonds is 3. The Morgan fingerprint density at radius 1 is 1.37 bits per heavy atom. The van der Waals surface area contributed by atoms with Crippen LogP contribution in [0.1, 0.15) is 11.1 Å². The summed E-state index contributed by atoms with van der Waals surface area (Å²) in [4.78, 5) is 0.0807. The minimum absolute atomic E-state index is 0.0807. The predicted octanol–water partition coefficient (Wildman–Crippen LogP) is 1.40. The van der Waals surface area contributed by atoms with Crippen LogP contribution < -0.4 is 4.72 Å². The molecule has 1 N–H and O–H groups in total. The van der Waals surface area contributed by atoms with Crippen molar-refractivity contribution < 1.29 is 8.42 Å². The maximum absolute atomic E-state index is 12.2. The van der Waals surface area contributed by atoms with Crippen LogP contribution in [0.4, 0.5) is 5.82 Å². The van der Waals surface area contributed by atoms with Gasteiger partial charge in [-0.15, -0.1) is 0 Å². The molecule has 0 aliphatic carbocycles. The van der Waals surface area contributed by atoms with E-state index in [1.54, 1.807) is 38.4 Å². The van der Waals surface area contributed by atoms with Crippen molar-refractivity contribution in [3.8, 4) is 6.07 Å². The molecule has 2 rings (SSSR count). The highest BCUT2D eigenvalue weighted by atomic mass is 32.2. The van der Waals surface area contributed by atoms with Crippen molar-refractivity contribution in [1.29, 1.82) is 5.26 Å². The number of hydrogen-bond donors (Lipinski definition) is 1. The summed E-state index contributed by atoms with van der Waals surface area (Å²) in [5.74, 6) is 0.240. The topological polar surface area (TPSA) is 87.8 Å². The lowest BCUT2D eigenvalue weighted by Crippen LogP contribution is -2.15. The van der Waals surface area contributed by atoms with Crippen molar-refractivity contribution in [3.63, 3.8) is 0 Å². The number of nitrogens with one attached hydrogen (secondary N) is 1. The van der Waals surface area contributed by atoms with Crippen LogP contribution >= 0.6 is 0 Å². The number of nitrogens with zero attached hydrogens (tertiary/aromatic N) is 3. The van der Waals surface area contributed by atoms with Crippen LogP contribution in [0, 0.1) is 18.3 Å². The summed E-state index contributed by atoms with van der Waals surface area (Å²) in [7, 11) is -2.05. The van der Waals surface area contributed by atoms with Crippen LogP contribution in [0.15, 0.2) is 35.4 Å². The molecule has 1 aromatic heterocycles. The molecule has 0 aliphatic heterocycles. The van der Waals surface area contributed by atoms with Gasteiger partial charge >= 0.3 is 0 Å². The van der Waals surface area contributed by atoms with Crippen molar-refractivity contribution >= 4 is 15.8 Å². The molecule has 0 atom stereocenters. The molecule has 0 amide bonds. The first kappa shape index (κ1) is 13.1. The summed E-state index contributed by atoms with van der Waals surface area (Å²) in [6, 6.07) is 8.01. The van der Waals surface area contributed by atoms with Crippen LogP contribution in [0.2, 0.25) is 0 Å². The van der Waals surface area contributed by atoms with Crippen molar-refractivity contribution in [2.75, 3.05) is 4.72 Å². The third-order valence-corrected chi connectivity index (χ3v) is 4.06. The first-order valence-electron chi connectivity index (χ1n) is 5.45. The third kappa shape index (κ3) is 2.74. The average Bonchev–Trinajstić information content (AvgIpc) is 2.74. The van der Waals surface area contributed by atoms with Gasteiger partial charge in [-0.1, -0.05) is 6.07 Å². The fourth-order valence-electron chi connectivity index (χ4n) is 1.62. The van der Waals surface area contributed by atoms with E-state index in [2.05, 4.69) is 9.82 Å². The second-order valence-corrected chi connectivity index (χ2v) is 5.72. The molecule has 1 aromatic carbocycles. The molecule has 0 unspecified atom stereocenters. The zero-order valence-electron chi connectivity index (χ0n) is 10.5. The van der Waals surface area contributed by atoms with E-state index < -0.39 is 10.0 Å². The molecule has 2 aromatic rings. The Hall–Kier alpha value is -2.33. The van der Waals surface area contributed by atoms with Crippen molar-refractivity contribution in [2.24, 2.45) is 7.05 Å². The van der Waals surface area contributed by atoms with E-state index in [0.29, 0.717) is 11.1 Å². The molecule has 0 radical (unpaired) electrons. The lowest BCUT2D eigenvalue weighted by Gasteiger charge is -2.08. The lowest BCUT2D eigenvalue weighted by molar-refractivity contribution is 0.600. The minimum Gasteiger partial charge on any atom is -0.274 e. The molecule has 0 bridgehead atoms. The molecule has 0 spiro atoms. The molecule has 19 heavy (non-hydrogen) atoms. The summed E-state index contributed by atoms with van der Waals surface area (Å²) in [6.45, 7) is 1.67. The number of aromatic nitrogens is 2. The molecule has 6 nitrogen and oxygen atoms in total. The van der Waals surface area contributed by atoms with Crippen LogP contribution in [0.5, 0.6) is 0 Å². The Morgan fingerprint density at radius 3 is 2.68 bits per heavy atom. The summed E-state index contributed by atoms with van der Waals surface area (Å²) in [6.07, 6.45) is 1.64. The highest BCUT2D eigenvalue weighted by Crippen LogP contribution is 2.19. The average molecular weight is 276 g/mol. The quantitative estimate of drug-likeness (QED) is 0.917. The number of sulfonamides is 1. The zero-order chi connectivity index (χ0) is 14.0. The number of anilines is 1. The molecule has 98 valence electrons. The first-order valence-corrected chi connectivity index (χ1v) is 6.94. The Balaban J connectivity index is 2.42. The number of hydrogen-bond acceptors (Lipinski definition) is 4. The number of aryl methyl sites for hydroxylation is 2. The van der Waals surface area contributed by atoms with E-state index in [1.807, 2.05) is 6.07 Å². The molecular weight excluding hydrogens is 264 g/mol. The summed E-state index contributed by atoms with van der Waals surface area (Å²) >= 11 is 0. The SMILES string of the molecule is Cc1ccc(C#N)cc1S(=O)(=O)Nc1ccn(C)n1. The maximum atomic E-state index is 12.2. The molecule has 0 fully saturated rings. The van der Waals surface area contributed by atoms with Crippen LogP contribution in [0.25, 0.3) is 0 Å². The molecule has 7 heteroatoms. The van der Waals surface area contributed by atoms with Gasteiger partial charge in [-0.25, -0.2) is 8.42 Å². The minimum atomic E-state index is -3.74. The van der Waals surface area contributed by atoms with Gasteiger partial charge in [0, 0.05) is 19.3 Å². The fraction of sp³-hybridized carbons (Fsp3) is 0.167. The molecule has 1 heterocycles. The van der Waals surface area contributed by atoms with Gasteiger partial charge < -0.3 is 0 Å². The Labute approximate surface area is 111 Å². The molecule has 0 saturated heterocycles.